The number of hydrogen-bond acceptors (Lipinski definition) is 5. The van der Waals surface area contributed by atoms with Gasteiger partial charge in [-0.2, -0.15) is 11.8 Å². The van der Waals surface area contributed by atoms with Gasteiger partial charge in [0.2, 0.25) is 0 Å². The van der Waals surface area contributed by atoms with E-state index in [0.29, 0.717) is 0 Å². The maximum absolute atomic E-state index is 10.7. The van der Waals surface area contributed by atoms with Gasteiger partial charge >= 0.3 is 7.60 Å². The largest absolute Gasteiger partial charge is 0.376 e. The number of nitrogens with zero attached hydrogens (tertiary/aromatic N) is 1. The van der Waals surface area contributed by atoms with Crippen LogP contribution in [-0.2, 0) is 4.57 Å². The van der Waals surface area contributed by atoms with E-state index in [4.69, 9.17) is 9.79 Å². The Balaban J connectivity index is 0.000000273. The maximum atomic E-state index is 10.7. The Morgan fingerprint density at radius 3 is 2.35 bits per heavy atom. The Bertz CT molecular complexity index is 605. The van der Waals surface area contributed by atoms with E-state index >= 15 is 0 Å². The van der Waals surface area contributed by atoms with Crippen molar-refractivity contribution in [3.05, 3.63) is 39.9 Å². The molecule has 0 aliphatic carbocycles. The topological polar surface area (TPSA) is 121 Å². The Kier molecular flexibility index (Phi) is 10.4. The van der Waals surface area contributed by atoms with E-state index in [1.54, 1.807) is 0 Å². The first-order valence-corrected chi connectivity index (χ1v) is 11.6. The van der Waals surface area contributed by atoms with Gasteiger partial charge in [0, 0.05) is 17.1 Å². The third kappa shape index (κ3) is 9.14. The fourth-order valence-electron chi connectivity index (χ4n) is 2.44. The van der Waals surface area contributed by atoms with Gasteiger partial charge in [0.1, 0.15) is 0 Å². The van der Waals surface area contributed by atoms with E-state index in [2.05, 4.69) is 18.7 Å². The zero-order valence-electron chi connectivity index (χ0n) is 15.0. The lowest BCUT2D eigenvalue weighted by molar-refractivity contribution is -0.386. The van der Waals surface area contributed by atoms with Gasteiger partial charge in [-0.3, -0.25) is 14.7 Å². The van der Waals surface area contributed by atoms with Crippen LogP contribution in [0.3, 0.4) is 0 Å². The summed E-state index contributed by atoms with van der Waals surface area (Å²) in [5.41, 5.74) is -0.913. The Morgan fingerprint density at radius 2 is 1.81 bits per heavy atom. The summed E-state index contributed by atoms with van der Waals surface area (Å²) in [5.74, 6) is -0.714. The number of benzene rings is 1. The summed E-state index contributed by atoms with van der Waals surface area (Å²) in [6.07, 6.45) is 10.2. The molecule has 2 rings (SSSR count). The second-order valence-corrected chi connectivity index (χ2v) is 9.29. The van der Waals surface area contributed by atoms with Gasteiger partial charge in [0.05, 0.1) is 10.5 Å². The molecular formula is C17H28NO6PS. The minimum absolute atomic E-state index is 0.393. The molecule has 3 N–H and O–H groups in total. The van der Waals surface area contributed by atoms with Crippen LogP contribution in [0.2, 0.25) is 0 Å². The second kappa shape index (κ2) is 11.7. The number of thioether (sulfide) groups is 1. The van der Waals surface area contributed by atoms with Crippen LogP contribution in [0.1, 0.15) is 63.3 Å². The van der Waals surface area contributed by atoms with E-state index in [-0.39, 0.29) is 0 Å². The lowest BCUT2D eigenvalue weighted by Gasteiger charge is -2.12. The Hall–Kier alpha value is -0.920. The molecule has 0 aromatic heterocycles. The van der Waals surface area contributed by atoms with E-state index in [0.717, 1.165) is 17.4 Å². The van der Waals surface area contributed by atoms with Crippen molar-refractivity contribution in [3.8, 4) is 0 Å². The van der Waals surface area contributed by atoms with Crippen LogP contribution in [0.4, 0.5) is 5.69 Å². The fourth-order valence-corrected chi connectivity index (χ4v) is 3.66. The molecule has 0 saturated carbocycles. The van der Waals surface area contributed by atoms with E-state index in [1.807, 2.05) is 0 Å². The van der Waals surface area contributed by atoms with Gasteiger partial charge in [-0.1, -0.05) is 57.6 Å². The molecule has 26 heavy (non-hydrogen) atoms. The van der Waals surface area contributed by atoms with Crippen LogP contribution in [0.15, 0.2) is 24.3 Å². The highest BCUT2D eigenvalue weighted by Gasteiger charge is 2.33. The zero-order chi connectivity index (χ0) is 19.6. The van der Waals surface area contributed by atoms with Crippen molar-refractivity contribution < 1.29 is 24.4 Å². The zero-order valence-corrected chi connectivity index (χ0v) is 16.7. The van der Waals surface area contributed by atoms with Crippen molar-refractivity contribution in [2.24, 2.45) is 0 Å². The molecule has 1 aromatic rings. The highest BCUT2D eigenvalue weighted by atomic mass is 32.2. The monoisotopic (exact) mass is 405 g/mol. The molecule has 7 nitrogen and oxygen atoms in total. The minimum atomic E-state index is -4.79. The van der Waals surface area contributed by atoms with Crippen LogP contribution in [0.25, 0.3) is 0 Å². The molecule has 148 valence electrons. The van der Waals surface area contributed by atoms with E-state index in [1.165, 1.54) is 62.8 Å². The molecule has 1 aliphatic heterocycles. The standard InChI is InChI=1S/C10H20S.C7H8NO6P/c1-2-3-4-5-6-7-8-10-9-11-10;9-7(15(12,13)14)5-3-1-2-4-6(5)8(10)11/h10H,2-9H2,1H3;1-4,7,9H,(H2,12,13,14). The third-order valence-electron chi connectivity index (χ3n) is 4.01. The SMILES string of the molecule is CCCCCCCCC1CS1.O=[N+]([O-])c1ccccc1C(O)P(=O)(O)O. The molecule has 1 heterocycles. The van der Waals surface area contributed by atoms with Crippen molar-refractivity contribution in [3.63, 3.8) is 0 Å². The van der Waals surface area contributed by atoms with Gasteiger partial charge in [0.25, 0.3) is 5.69 Å². The first kappa shape index (κ1) is 23.1. The smallest absolute Gasteiger partial charge is 0.358 e. The molecule has 0 amide bonds. The molecule has 1 saturated heterocycles. The van der Waals surface area contributed by atoms with E-state index in [9.17, 15) is 19.8 Å². The molecule has 0 bridgehead atoms. The van der Waals surface area contributed by atoms with Crippen molar-refractivity contribution in [2.75, 3.05) is 5.75 Å². The number of aliphatic hydroxyl groups is 1. The predicted molar refractivity (Wildman–Crippen MR) is 104 cm³/mol. The van der Waals surface area contributed by atoms with Gasteiger partial charge in [0.15, 0.2) is 5.85 Å². The molecule has 1 aromatic carbocycles. The molecule has 0 spiro atoms. The van der Waals surface area contributed by atoms with Gasteiger partial charge in [-0.05, 0) is 12.5 Å². The third-order valence-corrected chi connectivity index (χ3v) is 5.97. The Morgan fingerprint density at radius 1 is 1.23 bits per heavy atom. The summed E-state index contributed by atoms with van der Waals surface area (Å²) in [4.78, 5) is 27.1. The summed E-state index contributed by atoms with van der Waals surface area (Å²) in [6.45, 7) is 2.28. The fraction of sp³-hybridized carbons (Fsp3) is 0.647. The maximum Gasteiger partial charge on any atom is 0.358 e. The average molecular weight is 405 g/mol. The second-order valence-electron chi connectivity index (χ2n) is 6.29. The van der Waals surface area contributed by atoms with Crippen molar-refractivity contribution in [1.82, 2.24) is 0 Å². The van der Waals surface area contributed by atoms with Crippen molar-refractivity contribution in [2.45, 2.75) is 63.0 Å². The van der Waals surface area contributed by atoms with Crippen molar-refractivity contribution >= 4 is 25.0 Å². The first-order valence-electron chi connectivity index (χ1n) is 8.85. The van der Waals surface area contributed by atoms with Crippen LogP contribution in [0.5, 0.6) is 0 Å². The summed E-state index contributed by atoms with van der Waals surface area (Å²) in [6, 6.07) is 4.85. The number of aliphatic hydroxyl groups excluding tert-OH is 1. The van der Waals surface area contributed by atoms with Crippen LogP contribution < -0.4 is 0 Å². The van der Waals surface area contributed by atoms with Crippen LogP contribution in [-0.4, -0.2) is 30.8 Å². The summed E-state index contributed by atoms with van der Waals surface area (Å²) < 4.78 is 10.7. The summed E-state index contributed by atoms with van der Waals surface area (Å²) in [7, 11) is -4.79. The van der Waals surface area contributed by atoms with Gasteiger partial charge in [-0.25, -0.2) is 0 Å². The lowest BCUT2D eigenvalue weighted by atomic mass is 10.1. The molecule has 2 unspecified atom stereocenters. The number of hydrogen-bond donors (Lipinski definition) is 3. The summed E-state index contributed by atoms with van der Waals surface area (Å²) >= 11 is 2.14. The molecule has 2 atom stereocenters. The number of para-hydroxylation sites is 1. The summed E-state index contributed by atoms with van der Waals surface area (Å²) in [5, 5.41) is 20.8. The number of unbranched alkanes of at least 4 members (excludes halogenated alkanes) is 5. The molecule has 1 fully saturated rings. The molecule has 9 heteroatoms. The number of rotatable bonds is 10. The number of nitro groups is 1. The highest BCUT2D eigenvalue weighted by Crippen LogP contribution is 2.51. The lowest BCUT2D eigenvalue weighted by Crippen LogP contribution is -2.02. The molecular weight excluding hydrogens is 377 g/mol. The normalized spacial score (nSPS) is 17.2. The first-order chi connectivity index (χ1) is 12.3. The minimum Gasteiger partial charge on any atom is -0.376 e. The van der Waals surface area contributed by atoms with E-state index < -0.39 is 29.6 Å². The predicted octanol–water partition coefficient (Wildman–Crippen LogP) is 4.62. The van der Waals surface area contributed by atoms with Gasteiger partial charge < -0.3 is 14.9 Å². The molecule has 1 aliphatic rings. The van der Waals surface area contributed by atoms with Gasteiger partial charge in [-0.15, -0.1) is 0 Å². The molecule has 0 radical (unpaired) electrons. The van der Waals surface area contributed by atoms with Crippen molar-refractivity contribution in [1.29, 1.82) is 0 Å². The average Bonchev–Trinajstić information content (AvgIpc) is 3.41. The number of nitro benzene ring substituents is 1. The highest BCUT2D eigenvalue weighted by molar-refractivity contribution is 8.06. The Labute approximate surface area is 158 Å². The van der Waals surface area contributed by atoms with Crippen LogP contribution >= 0.6 is 19.4 Å². The quantitative estimate of drug-likeness (QED) is 0.171. The van der Waals surface area contributed by atoms with Crippen LogP contribution in [0, 0.1) is 10.1 Å².